The topological polar surface area (TPSA) is 84.1 Å². The molecule has 3 aromatic rings. The number of ether oxygens (including phenoxy) is 1. The molecule has 37 heavy (non-hydrogen) atoms. The molecule has 0 bridgehead atoms. The number of amidine groups is 1. The van der Waals surface area contributed by atoms with Gasteiger partial charge < -0.3 is 19.4 Å². The molecule has 7 nitrogen and oxygen atoms in total. The van der Waals surface area contributed by atoms with E-state index in [1.54, 1.807) is 37.5 Å². The number of carbonyl (C=O) groups is 2. The molecule has 188 valence electrons. The zero-order valence-corrected chi connectivity index (χ0v) is 21.6. The van der Waals surface area contributed by atoms with Gasteiger partial charge in [0.2, 0.25) is 5.91 Å². The number of hydrogen-bond acceptors (Lipinski definition) is 7. The van der Waals surface area contributed by atoms with E-state index in [2.05, 4.69) is 5.32 Å². The number of thioether (sulfide) groups is 1. The summed E-state index contributed by atoms with van der Waals surface area (Å²) in [7, 11) is 0. The van der Waals surface area contributed by atoms with Gasteiger partial charge in [-0.2, -0.15) is 0 Å². The molecule has 0 saturated carbocycles. The minimum absolute atomic E-state index is 0.105. The first-order valence-corrected chi connectivity index (χ1v) is 13.1. The van der Waals surface area contributed by atoms with Crippen molar-refractivity contribution in [1.82, 2.24) is 10.2 Å². The van der Waals surface area contributed by atoms with Crippen molar-refractivity contribution in [3.05, 3.63) is 112 Å². The second kappa shape index (κ2) is 11.1. The van der Waals surface area contributed by atoms with E-state index in [1.807, 2.05) is 52.8 Å². The van der Waals surface area contributed by atoms with Crippen molar-refractivity contribution in [2.24, 2.45) is 4.99 Å². The van der Waals surface area contributed by atoms with Crippen LogP contribution < -0.4 is 5.32 Å². The van der Waals surface area contributed by atoms with E-state index in [1.165, 1.54) is 11.8 Å². The first kappa shape index (κ1) is 24.9. The minimum atomic E-state index is -0.557. The number of rotatable bonds is 8. The monoisotopic (exact) mass is 533 g/mol. The van der Waals surface area contributed by atoms with Gasteiger partial charge >= 0.3 is 5.97 Å². The van der Waals surface area contributed by atoms with Crippen LogP contribution in [0.2, 0.25) is 5.02 Å². The number of esters is 1. The van der Waals surface area contributed by atoms with Crippen LogP contribution in [0.15, 0.2) is 99.1 Å². The number of aliphatic imine (C=N–C) groups is 1. The standard InChI is InChI=1S/C28H24ClN3O4S/c1-2-35-27(34)24-25(18-7-4-3-5-8-18)31-28-32(26(24)19-10-12-20(29)13-11-19)21(17-37-28)15-23(33)30-16-22-9-6-14-36-22/h3-14,17,26H,2,15-16H2,1H3,(H,30,33)/t26-/m1/s1. The number of furan rings is 1. The predicted molar refractivity (Wildman–Crippen MR) is 144 cm³/mol. The highest BCUT2D eigenvalue weighted by Crippen LogP contribution is 2.47. The summed E-state index contributed by atoms with van der Waals surface area (Å²) in [5.74, 6) is 0.0416. The number of benzene rings is 2. The second-order valence-electron chi connectivity index (χ2n) is 8.33. The van der Waals surface area contributed by atoms with Gasteiger partial charge in [0.05, 0.1) is 43.1 Å². The van der Waals surface area contributed by atoms with Crippen LogP contribution in [0, 0.1) is 0 Å². The van der Waals surface area contributed by atoms with Crippen LogP contribution in [0.1, 0.15) is 36.3 Å². The van der Waals surface area contributed by atoms with E-state index < -0.39 is 12.0 Å². The Balaban J connectivity index is 1.54. The normalized spacial score (nSPS) is 16.7. The Kier molecular flexibility index (Phi) is 7.48. The zero-order chi connectivity index (χ0) is 25.8. The van der Waals surface area contributed by atoms with Gasteiger partial charge in [-0.15, -0.1) is 0 Å². The van der Waals surface area contributed by atoms with Crippen molar-refractivity contribution < 1.29 is 18.7 Å². The zero-order valence-electron chi connectivity index (χ0n) is 20.0. The Morgan fingerprint density at radius 1 is 1.11 bits per heavy atom. The maximum absolute atomic E-state index is 13.5. The molecule has 2 aliphatic rings. The van der Waals surface area contributed by atoms with Crippen LogP contribution in [0.3, 0.4) is 0 Å². The largest absolute Gasteiger partial charge is 0.467 e. The van der Waals surface area contributed by atoms with Gasteiger partial charge in [0.1, 0.15) is 5.76 Å². The predicted octanol–water partition coefficient (Wildman–Crippen LogP) is 5.91. The quantitative estimate of drug-likeness (QED) is 0.362. The van der Waals surface area contributed by atoms with Crippen LogP contribution >= 0.6 is 23.4 Å². The van der Waals surface area contributed by atoms with E-state index >= 15 is 0 Å². The first-order valence-electron chi connectivity index (χ1n) is 11.8. The molecule has 3 heterocycles. The second-order valence-corrected chi connectivity index (χ2v) is 9.60. The van der Waals surface area contributed by atoms with Gasteiger partial charge in [-0.1, -0.05) is 65.8 Å². The highest BCUT2D eigenvalue weighted by atomic mass is 35.5. The van der Waals surface area contributed by atoms with Gasteiger partial charge in [0, 0.05) is 16.3 Å². The van der Waals surface area contributed by atoms with Crippen LogP contribution in [0.25, 0.3) is 5.70 Å². The van der Waals surface area contributed by atoms with E-state index in [0.717, 1.165) is 16.8 Å². The smallest absolute Gasteiger partial charge is 0.338 e. The molecule has 0 unspecified atom stereocenters. The van der Waals surface area contributed by atoms with Crippen molar-refractivity contribution in [2.75, 3.05) is 6.61 Å². The highest BCUT2D eigenvalue weighted by molar-refractivity contribution is 8.16. The molecule has 0 aliphatic carbocycles. The van der Waals surface area contributed by atoms with E-state index in [0.29, 0.717) is 33.8 Å². The lowest BCUT2D eigenvalue weighted by Gasteiger charge is -2.36. The fourth-order valence-corrected chi connectivity index (χ4v) is 5.32. The third-order valence-electron chi connectivity index (χ3n) is 5.92. The van der Waals surface area contributed by atoms with Crippen LogP contribution in [0.4, 0.5) is 0 Å². The molecule has 9 heteroatoms. The Hall–Kier alpha value is -3.75. The molecule has 2 aromatic carbocycles. The molecule has 1 aromatic heterocycles. The van der Waals surface area contributed by atoms with Crippen molar-refractivity contribution in [2.45, 2.75) is 25.9 Å². The molecule has 0 spiro atoms. The summed E-state index contributed by atoms with van der Waals surface area (Å²) in [5, 5.41) is 6.06. The van der Waals surface area contributed by atoms with Gasteiger partial charge in [-0.05, 0) is 42.2 Å². The Morgan fingerprint density at radius 3 is 2.59 bits per heavy atom. The van der Waals surface area contributed by atoms with Gasteiger partial charge in [-0.3, -0.25) is 4.79 Å². The summed E-state index contributed by atoms with van der Waals surface area (Å²) in [6.07, 6.45) is 1.67. The molecular weight excluding hydrogens is 510 g/mol. The van der Waals surface area contributed by atoms with Crippen LogP contribution in [-0.2, 0) is 20.9 Å². The highest BCUT2D eigenvalue weighted by Gasteiger charge is 2.42. The number of amides is 1. The summed E-state index contributed by atoms with van der Waals surface area (Å²) in [6, 6.07) is 19.9. The molecule has 0 fully saturated rings. The Labute approximate surface area is 223 Å². The average Bonchev–Trinajstić information content (AvgIpc) is 3.58. The molecule has 1 amide bonds. The molecule has 1 atom stereocenters. The first-order chi connectivity index (χ1) is 18.0. The van der Waals surface area contributed by atoms with E-state index in [-0.39, 0.29) is 18.9 Å². The third-order valence-corrected chi connectivity index (χ3v) is 7.06. The Morgan fingerprint density at radius 2 is 1.89 bits per heavy atom. The SMILES string of the molecule is CCOC(=O)C1=C(c2ccccc2)N=C2SC=C(CC(=O)NCc3ccco3)N2[C@@H]1c1ccc(Cl)cc1. The molecule has 1 N–H and O–H groups in total. The molecule has 2 aliphatic heterocycles. The van der Waals surface area contributed by atoms with Crippen LogP contribution in [0.5, 0.6) is 0 Å². The summed E-state index contributed by atoms with van der Waals surface area (Å²) in [5.41, 5.74) is 3.33. The van der Waals surface area contributed by atoms with Crippen molar-refractivity contribution in [3.63, 3.8) is 0 Å². The summed E-state index contributed by atoms with van der Waals surface area (Å²) >= 11 is 7.61. The Bertz CT molecular complexity index is 1380. The number of nitrogens with zero attached hydrogens (tertiary/aromatic N) is 2. The molecule has 0 radical (unpaired) electrons. The minimum Gasteiger partial charge on any atom is -0.467 e. The van der Waals surface area contributed by atoms with Gasteiger partial charge in [0.15, 0.2) is 5.17 Å². The fraction of sp³-hybridized carbons (Fsp3) is 0.179. The van der Waals surface area contributed by atoms with Crippen LogP contribution in [-0.4, -0.2) is 28.6 Å². The third kappa shape index (κ3) is 5.35. The van der Waals surface area contributed by atoms with Crippen molar-refractivity contribution in [3.8, 4) is 0 Å². The van der Waals surface area contributed by atoms with E-state index in [4.69, 9.17) is 25.7 Å². The number of hydrogen-bond donors (Lipinski definition) is 1. The maximum Gasteiger partial charge on any atom is 0.338 e. The number of carbonyl (C=O) groups excluding carboxylic acids is 2. The number of halogens is 1. The lowest BCUT2D eigenvalue weighted by atomic mass is 9.91. The van der Waals surface area contributed by atoms with Crippen molar-refractivity contribution in [1.29, 1.82) is 0 Å². The number of fused-ring (bicyclic) bond motifs is 1. The summed E-state index contributed by atoms with van der Waals surface area (Å²) in [4.78, 5) is 33.2. The average molecular weight is 534 g/mol. The lowest BCUT2D eigenvalue weighted by Crippen LogP contribution is -2.38. The summed E-state index contributed by atoms with van der Waals surface area (Å²) in [6.45, 7) is 2.29. The van der Waals surface area contributed by atoms with Gasteiger partial charge in [0.25, 0.3) is 0 Å². The molecular formula is C28H24ClN3O4S. The number of nitrogens with one attached hydrogen (secondary N) is 1. The fourth-order valence-electron chi connectivity index (χ4n) is 4.27. The molecule has 0 saturated heterocycles. The van der Waals surface area contributed by atoms with Crippen molar-refractivity contribution >= 4 is 46.1 Å². The lowest BCUT2D eigenvalue weighted by molar-refractivity contribution is -0.139. The maximum atomic E-state index is 13.5. The summed E-state index contributed by atoms with van der Waals surface area (Å²) < 4.78 is 10.8. The molecule has 5 rings (SSSR count). The van der Waals surface area contributed by atoms with E-state index in [9.17, 15) is 9.59 Å². The van der Waals surface area contributed by atoms with Gasteiger partial charge in [-0.25, -0.2) is 9.79 Å².